The first-order chi connectivity index (χ1) is 17.1. The van der Waals surface area contributed by atoms with Crippen LogP contribution in [-0.4, -0.2) is 38.5 Å². The number of hydrogen-bond acceptors (Lipinski definition) is 7. The van der Waals surface area contributed by atoms with Crippen molar-refractivity contribution in [1.82, 2.24) is 25.1 Å². The molecule has 0 unspecified atom stereocenters. The molecule has 35 heavy (non-hydrogen) atoms. The quantitative estimate of drug-likeness (QED) is 0.281. The third kappa shape index (κ3) is 3.96. The van der Waals surface area contributed by atoms with E-state index in [9.17, 15) is 9.90 Å². The number of fused-ring (bicyclic) bond motifs is 3. The van der Waals surface area contributed by atoms with Crippen LogP contribution in [0.4, 0.5) is 0 Å². The van der Waals surface area contributed by atoms with Crippen molar-refractivity contribution in [3.63, 3.8) is 0 Å². The molecule has 1 aliphatic rings. The van der Waals surface area contributed by atoms with Crippen molar-refractivity contribution < 1.29 is 9.84 Å². The molecule has 3 N–H and O–H groups in total. The smallest absolute Gasteiger partial charge is 0.263 e. The summed E-state index contributed by atoms with van der Waals surface area (Å²) in [5.74, 6) is 2.08. The van der Waals surface area contributed by atoms with E-state index in [1.807, 2.05) is 24.4 Å². The molecule has 0 bridgehead atoms. The SMILES string of the molecule is COc1ccc(-c2nc3sc4c(O)cccc4c3c(=O)n2CCNCc2cn[nH]c2)c(C2CC2)c1. The summed E-state index contributed by atoms with van der Waals surface area (Å²) in [7, 11) is 1.67. The first-order valence-corrected chi connectivity index (χ1v) is 12.5. The number of hydrogen-bond donors (Lipinski definition) is 3. The highest BCUT2D eigenvalue weighted by Crippen LogP contribution is 2.46. The van der Waals surface area contributed by atoms with E-state index in [2.05, 4.69) is 21.6 Å². The number of aromatic hydroxyl groups is 1. The summed E-state index contributed by atoms with van der Waals surface area (Å²) in [5, 5.41) is 21.9. The zero-order chi connectivity index (χ0) is 23.9. The maximum absolute atomic E-state index is 13.9. The maximum Gasteiger partial charge on any atom is 0.263 e. The molecule has 6 rings (SSSR count). The van der Waals surface area contributed by atoms with Crippen molar-refractivity contribution in [2.45, 2.75) is 31.8 Å². The van der Waals surface area contributed by atoms with Gasteiger partial charge in [-0.25, -0.2) is 4.98 Å². The van der Waals surface area contributed by atoms with Crippen molar-refractivity contribution in [2.75, 3.05) is 13.7 Å². The summed E-state index contributed by atoms with van der Waals surface area (Å²) in [5.41, 5.74) is 3.09. The van der Waals surface area contributed by atoms with E-state index in [-0.39, 0.29) is 11.3 Å². The van der Waals surface area contributed by atoms with Gasteiger partial charge in [0, 0.05) is 42.3 Å². The molecule has 0 radical (unpaired) electrons. The molecule has 0 spiro atoms. The Hall–Kier alpha value is -3.69. The standard InChI is InChI=1S/C26H25N5O3S/c1-34-17-7-8-18(20(11-17)16-5-6-16)24-30-25-22(19-3-2-4-21(32)23(19)35-25)26(33)31(24)10-9-27-12-15-13-28-29-14-15/h2-4,7-8,11,13-14,16,27,32H,5-6,9-10,12H2,1H3,(H,28,29). The lowest BCUT2D eigenvalue weighted by Crippen LogP contribution is -2.29. The molecular formula is C26H25N5O3S. The van der Waals surface area contributed by atoms with Crippen molar-refractivity contribution in [3.8, 4) is 22.9 Å². The molecule has 1 saturated carbocycles. The Morgan fingerprint density at radius 1 is 1.29 bits per heavy atom. The van der Waals surface area contributed by atoms with Gasteiger partial charge in [0.15, 0.2) is 0 Å². The number of ether oxygens (including phenoxy) is 1. The number of nitrogens with one attached hydrogen (secondary N) is 2. The number of H-pyrrole nitrogens is 1. The number of phenolic OH excluding ortho intramolecular Hbond substituents is 1. The third-order valence-electron chi connectivity index (χ3n) is 6.51. The van der Waals surface area contributed by atoms with Crippen molar-refractivity contribution >= 4 is 31.6 Å². The number of thiophene rings is 1. The van der Waals surface area contributed by atoms with Crippen molar-refractivity contribution in [2.24, 2.45) is 0 Å². The molecule has 8 nitrogen and oxygen atoms in total. The number of phenols is 1. The van der Waals surface area contributed by atoms with Gasteiger partial charge >= 0.3 is 0 Å². The number of rotatable bonds is 8. The van der Waals surface area contributed by atoms with Gasteiger partial charge in [0.25, 0.3) is 5.56 Å². The number of methoxy groups -OCH3 is 1. The number of nitrogens with zero attached hydrogens (tertiary/aromatic N) is 3. The largest absolute Gasteiger partial charge is 0.506 e. The zero-order valence-electron chi connectivity index (χ0n) is 19.2. The highest BCUT2D eigenvalue weighted by atomic mass is 32.1. The van der Waals surface area contributed by atoms with Gasteiger partial charge in [0.05, 0.1) is 23.4 Å². The second kappa shape index (κ2) is 8.83. The van der Waals surface area contributed by atoms with E-state index in [1.165, 1.54) is 16.9 Å². The number of benzene rings is 2. The fraction of sp³-hybridized carbons (Fsp3) is 0.269. The summed E-state index contributed by atoms with van der Waals surface area (Å²) in [6.45, 7) is 1.70. The fourth-order valence-corrected chi connectivity index (χ4v) is 5.66. The van der Waals surface area contributed by atoms with E-state index in [1.54, 1.807) is 30.0 Å². The van der Waals surface area contributed by atoms with Gasteiger partial charge in [-0.1, -0.05) is 12.1 Å². The third-order valence-corrected chi connectivity index (χ3v) is 7.63. The molecule has 5 aromatic rings. The normalized spacial score (nSPS) is 13.6. The monoisotopic (exact) mass is 487 g/mol. The van der Waals surface area contributed by atoms with Crippen LogP contribution >= 0.6 is 11.3 Å². The Bertz CT molecular complexity index is 1580. The molecule has 0 aliphatic heterocycles. The van der Waals surface area contributed by atoms with Crippen molar-refractivity contribution in [1.29, 1.82) is 0 Å². The minimum atomic E-state index is -0.0930. The Morgan fingerprint density at radius 2 is 2.17 bits per heavy atom. The lowest BCUT2D eigenvalue weighted by molar-refractivity contribution is 0.414. The second-order valence-electron chi connectivity index (χ2n) is 8.84. The molecule has 0 atom stereocenters. The lowest BCUT2D eigenvalue weighted by Gasteiger charge is -2.16. The van der Waals surface area contributed by atoms with E-state index in [4.69, 9.17) is 9.72 Å². The van der Waals surface area contributed by atoms with E-state index >= 15 is 0 Å². The van der Waals surface area contributed by atoms with Crippen LogP contribution < -0.4 is 15.6 Å². The predicted molar refractivity (Wildman–Crippen MR) is 137 cm³/mol. The van der Waals surface area contributed by atoms with E-state index in [0.717, 1.165) is 35.1 Å². The molecule has 3 heterocycles. The van der Waals surface area contributed by atoms with Crippen LogP contribution in [0.15, 0.2) is 53.6 Å². The van der Waals surface area contributed by atoms with Gasteiger partial charge < -0.3 is 15.2 Å². The summed E-state index contributed by atoms with van der Waals surface area (Å²) in [6, 6.07) is 11.3. The van der Waals surface area contributed by atoms with E-state index < -0.39 is 0 Å². The molecule has 1 fully saturated rings. The highest BCUT2D eigenvalue weighted by molar-refractivity contribution is 7.25. The van der Waals surface area contributed by atoms with Crippen LogP contribution in [0, 0.1) is 0 Å². The first kappa shape index (κ1) is 21.8. The molecule has 9 heteroatoms. The van der Waals surface area contributed by atoms with Gasteiger partial charge in [-0.15, -0.1) is 11.3 Å². The van der Waals surface area contributed by atoms with Crippen LogP contribution in [-0.2, 0) is 13.1 Å². The molecule has 178 valence electrons. The van der Waals surface area contributed by atoms with Gasteiger partial charge in [0.1, 0.15) is 22.2 Å². The minimum absolute atomic E-state index is 0.0930. The Morgan fingerprint density at radius 3 is 2.94 bits per heavy atom. The topological polar surface area (TPSA) is 105 Å². The molecule has 0 amide bonds. The van der Waals surface area contributed by atoms with Gasteiger partial charge in [0.2, 0.25) is 0 Å². The molecule has 0 saturated heterocycles. The zero-order valence-corrected chi connectivity index (χ0v) is 20.1. The van der Waals surface area contributed by atoms with Crippen molar-refractivity contribution in [3.05, 3.63) is 70.3 Å². The lowest BCUT2D eigenvalue weighted by atomic mass is 10.0. The average Bonchev–Trinajstić information content (AvgIpc) is 3.44. The number of aromatic nitrogens is 4. The van der Waals surface area contributed by atoms with Gasteiger partial charge in [-0.3, -0.25) is 14.5 Å². The Balaban J connectivity index is 1.49. The minimum Gasteiger partial charge on any atom is -0.506 e. The summed E-state index contributed by atoms with van der Waals surface area (Å²) >= 11 is 1.36. The second-order valence-corrected chi connectivity index (χ2v) is 9.84. The maximum atomic E-state index is 13.9. The van der Waals surface area contributed by atoms with Gasteiger partial charge in [-0.2, -0.15) is 5.10 Å². The van der Waals surface area contributed by atoms with Gasteiger partial charge in [-0.05, 0) is 48.6 Å². The first-order valence-electron chi connectivity index (χ1n) is 11.7. The Kier molecular flexibility index (Phi) is 5.50. The van der Waals surface area contributed by atoms with Crippen LogP contribution in [0.3, 0.4) is 0 Å². The number of aromatic amines is 1. The summed E-state index contributed by atoms with van der Waals surface area (Å²) in [4.78, 5) is 19.6. The van der Waals surface area contributed by atoms with Crippen LogP contribution in [0.25, 0.3) is 31.7 Å². The summed E-state index contributed by atoms with van der Waals surface area (Å²) < 4.78 is 7.94. The fourth-order valence-electron chi connectivity index (χ4n) is 4.58. The Labute approximate surface area is 205 Å². The highest BCUT2D eigenvalue weighted by Gasteiger charge is 2.29. The summed E-state index contributed by atoms with van der Waals surface area (Å²) in [6.07, 6.45) is 5.87. The predicted octanol–water partition coefficient (Wildman–Crippen LogP) is 4.38. The van der Waals surface area contributed by atoms with Crippen LogP contribution in [0.1, 0.15) is 29.9 Å². The molecule has 3 aromatic heterocycles. The van der Waals surface area contributed by atoms with Crippen LogP contribution in [0.5, 0.6) is 11.5 Å². The van der Waals surface area contributed by atoms with E-state index in [0.29, 0.717) is 46.3 Å². The molecule has 2 aromatic carbocycles. The average molecular weight is 488 g/mol. The molecule has 1 aliphatic carbocycles. The van der Waals surface area contributed by atoms with Crippen LogP contribution in [0.2, 0.25) is 0 Å². The molecular weight excluding hydrogens is 462 g/mol.